The zero-order valence-electron chi connectivity index (χ0n) is 17.0. The molecular formula is C24H25N4OS+. The predicted molar refractivity (Wildman–Crippen MR) is 120 cm³/mol. The average Bonchev–Trinajstić information content (AvgIpc) is 3.36. The molecule has 30 heavy (non-hydrogen) atoms. The molecule has 2 atom stereocenters. The van der Waals surface area contributed by atoms with E-state index in [9.17, 15) is 5.11 Å². The molecule has 2 aromatic heterocycles. The number of rotatable bonds is 3. The number of hydrogen-bond acceptors (Lipinski definition) is 3. The summed E-state index contributed by atoms with van der Waals surface area (Å²) in [7, 11) is 2.08. The fraction of sp³-hybridized carbons (Fsp3) is 0.292. The Labute approximate surface area is 179 Å². The zero-order valence-corrected chi connectivity index (χ0v) is 17.8. The van der Waals surface area contributed by atoms with Crippen LogP contribution in [0.5, 0.6) is 0 Å². The highest BCUT2D eigenvalue weighted by molar-refractivity contribution is 7.06. The second-order valence-corrected chi connectivity index (χ2v) is 8.72. The number of nitrogens with zero attached hydrogens (tertiary/aromatic N) is 4. The Morgan fingerprint density at radius 2 is 1.80 bits per heavy atom. The van der Waals surface area contributed by atoms with Crippen LogP contribution >= 0.6 is 11.3 Å². The normalized spacial score (nSPS) is 19.0. The van der Waals surface area contributed by atoms with Gasteiger partial charge >= 0.3 is 4.80 Å². The van der Waals surface area contributed by atoms with Crippen LogP contribution in [0.4, 0.5) is 5.69 Å². The number of aliphatic hydroxyl groups is 1. The second kappa shape index (κ2) is 8.07. The number of thiazole rings is 1. The van der Waals surface area contributed by atoms with E-state index < -0.39 is 0 Å². The van der Waals surface area contributed by atoms with E-state index in [1.807, 2.05) is 35.8 Å². The molecule has 0 saturated heterocycles. The number of aliphatic hydroxyl groups excluding tert-OH is 1. The maximum atomic E-state index is 10.5. The van der Waals surface area contributed by atoms with E-state index in [1.54, 1.807) is 11.3 Å². The third kappa shape index (κ3) is 3.33. The molecule has 2 aromatic carbocycles. The third-order valence-corrected chi connectivity index (χ3v) is 6.79. The van der Waals surface area contributed by atoms with Gasteiger partial charge in [-0.15, -0.1) is 0 Å². The summed E-state index contributed by atoms with van der Waals surface area (Å²) in [4.78, 5) is 5.50. The molecule has 1 N–H and O–H groups in total. The molecule has 0 amide bonds. The fourth-order valence-corrected chi connectivity index (χ4v) is 5.24. The lowest BCUT2D eigenvalue weighted by Gasteiger charge is -2.24. The lowest BCUT2D eigenvalue weighted by atomic mass is 9.92. The number of hydrogen-bond donors (Lipinski definition) is 1. The number of para-hydroxylation sites is 1. The van der Waals surface area contributed by atoms with Crippen molar-refractivity contribution >= 4 is 27.9 Å². The van der Waals surface area contributed by atoms with Gasteiger partial charge in [0.05, 0.1) is 17.3 Å². The van der Waals surface area contributed by atoms with E-state index in [1.165, 1.54) is 0 Å². The Bertz CT molecular complexity index is 1280. The quantitative estimate of drug-likeness (QED) is 0.367. The summed E-state index contributed by atoms with van der Waals surface area (Å²) >= 11 is 1.56. The standard InChI is InChI=1S/C24H25N4OS/c1-27-19-12-6-5-11-18(19)22(23(27)17-9-3-2-4-10-17)25-26-24-28(15-16-30-24)20-13-7-8-14-21(20)29/h2-6,9-12,15-16,20-21,29H,7-8,13-14H2,1H3/q+1. The van der Waals surface area contributed by atoms with Gasteiger partial charge in [0.15, 0.2) is 5.69 Å². The minimum absolute atomic E-state index is 0.0834. The van der Waals surface area contributed by atoms with E-state index in [2.05, 4.69) is 51.3 Å². The Balaban J connectivity index is 1.71. The van der Waals surface area contributed by atoms with Gasteiger partial charge in [-0.1, -0.05) is 59.7 Å². The van der Waals surface area contributed by atoms with E-state index in [0.717, 1.165) is 58.3 Å². The van der Waals surface area contributed by atoms with Crippen LogP contribution in [0.2, 0.25) is 0 Å². The summed E-state index contributed by atoms with van der Waals surface area (Å²) in [6.07, 6.45) is 5.78. The first kappa shape index (κ1) is 19.1. The smallest absolute Gasteiger partial charge is 0.389 e. The van der Waals surface area contributed by atoms with E-state index in [0.29, 0.717) is 0 Å². The first-order chi connectivity index (χ1) is 14.7. The van der Waals surface area contributed by atoms with Gasteiger partial charge in [0.2, 0.25) is 0 Å². The molecule has 6 heteroatoms. The van der Waals surface area contributed by atoms with Crippen molar-refractivity contribution < 1.29 is 9.90 Å². The molecule has 4 aromatic rings. The van der Waals surface area contributed by atoms with Crippen LogP contribution in [0.1, 0.15) is 31.7 Å². The third-order valence-electron chi connectivity index (χ3n) is 6.03. The van der Waals surface area contributed by atoms with Crippen LogP contribution in [0.25, 0.3) is 22.2 Å². The SMILES string of the molecule is Cn1c(-c2ccccc2)c(N=[N+]=c2sccn2C2CCCCC2O)c2ccccc21. The van der Waals surface area contributed by atoms with Crippen molar-refractivity contribution in [3.63, 3.8) is 0 Å². The summed E-state index contributed by atoms with van der Waals surface area (Å²) in [5.74, 6) is 0. The molecule has 152 valence electrons. The minimum Gasteiger partial charge on any atom is -0.389 e. The minimum atomic E-state index is -0.315. The fourth-order valence-electron chi connectivity index (χ4n) is 4.52. The van der Waals surface area contributed by atoms with Gasteiger partial charge < -0.3 is 9.67 Å². The van der Waals surface area contributed by atoms with Gasteiger partial charge in [-0.05, 0) is 36.7 Å². The monoisotopic (exact) mass is 417 g/mol. The van der Waals surface area contributed by atoms with Gasteiger partial charge in [0.25, 0.3) is 0 Å². The molecule has 0 bridgehead atoms. The predicted octanol–water partition coefficient (Wildman–Crippen LogP) is 5.08. The Morgan fingerprint density at radius 3 is 2.63 bits per heavy atom. The van der Waals surface area contributed by atoms with E-state index >= 15 is 0 Å². The average molecular weight is 418 g/mol. The highest BCUT2D eigenvalue weighted by Crippen LogP contribution is 2.39. The molecule has 2 unspecified atom stereocenters. The van der Waals surface area contributed by atoms with Gasteiger partial charge in [-0.3, -0.25) is 0 Å². The number of benzene rings is 2. The van der Waals surface area contributed by atoms with Crippen LogP contribution in [-0.2, 0) is 7.05 Å². The molecule has 5 rings (SSSR count). The highest BCUT2D eigenvalue weighted by Gasteiger charge is 2.30. The Morgan fingerprint density at radius 1 is 1.03 bits per heavy atom. The Kier molecular flexibility index (Phi) is 5.13. The first-order valence-electron chi connectivity index (χ1n) is 10.5. The Hall–Kier alpha value is -2.92. The summed E-state index contributed by atoms with van der Waals surface area (Å²) in [5.41, 5.74) is 4.18. The first-order valence-corrected chi connectivity index (χ1v) is 11.3. The number of fused-ring (bicyclic) bond motifs is 1. The molecule has 0 aliphatic heterocycles. The molecule has 1 aliphatic carbocycles. The van der Waals surface area contributed by atoms with Gasteiger partial charge in [-0.2, -0.15) is 0 Å². The molecule has 1 aliphatic rings. The van der Waals surface area contributed by atoms with Crippen molar-refractivity contribution in [1.29, 1.82) is 0 Å². The number of aromatic nitrogens is 2. The second-order valence-electron chi connectivity index (χ2n) is 7.85. The lowest BCUT2D eigenvalue weighted by molar-refractivity contribution is -0.139. The van der Waals surface area contributed by atoms with E-state index in [-0.39, 0.29) is 12.1 Å². The zero-order chi connectivity index (χ0) is 20.5. The molecule has 0 radical (unpaired) electrons. The van der Waals surface area contributed by atoms with Crippen molar-refractivity contribution in [1.82, 2.24) is 9.13 Å². The van der Waals surface area contributed by atoms with E-state index in [4.69, 9.17) is 5.11 Å². The van der Waals surface area contributed by atoms with Crippen molar-refractivity contribution in [2.24, 2.45) is 12.2 Å². The summed E-state index contributed by atoms with van der Waals surface area (Å²) in [6.45, 7) is 0. The molecule has 0 spiro atoms. The summed E-state index contributed by atoms with van der Waals surface area (Å²) in [5, 5.41) is 18.4. The van der Waals surface area contributed by atoms with Crippen LogP contribution in [0.3, 0.4) is 0 Å². The van der Waals surface area contributed by atoms with Crippen molar-refractivity contribution in [3.05, 3.63) is 71.0 Å². The summed E-state index contributed by atoms with van der Waals surface area (Å²) in [6, 6.07) is 18.7. The molecular weight excluding hydrogens is 392 g/mol. The van der Waals surface area contributed by atoms with Crippen LogP contribution in [-0.4, -0.2) is 25.1 Å². The van der Waals surface area contributed by atoms with Gasteiger partial charge in [-0.25, -0.2) is 4.57 Å². The van der Waals surface area contributed by atoms with Gasteiger partial charge in [0, 0.05) is 28.5 Å². The number of aryl methyl sites for hydroxylation is 1. The van der Waals surface area contributed by atoms with Crippen LogP contribution in [0, 0.1) is 0 Å². The molecule has 1 saturated carbocycles. The van der Waals surface area contributed by atoms with Crippen LogP contribution in [0.15, 0.2) is 71.3 Å². The maximum Gasteiger partial charge on any atom is 0.465 e. The molecule has 1 fully saturated rings. The largest absolute Gasteiger partial charge is 0.465 e. The summed E-state index contributed by atoms with van der Waals surface area (Å²) < 4.78 is 4.29. The molecule has 5 nitrogen and oxygen atoms in total. The maximum absolute atomic E-state index is 10.5. The van der Waals surface area contributed by atoms with Crippen molar-refractivity contribution in [2.75, 3.05) is 0 Å². The molecule has 2 heterocycles. The van der Waals surface area contributed by atoms with Crippen molar-refractivity contribution in [3.8, 4) is 11.3 Å². The van der Waals surface area contributed by atoms with Crippen LogP contribution < -0.4 is 4.80 Å². The van der Waals surface area contributed by atoms with Gasteiger partial charge in [0.1, 0.15) is 12.2 Å². The topological polar surface area (TPSA) is 56.5 Å². The lowest BCUT2D eigenvalue weighted by Crippen LogP contribution is -2.32. The highest BCUT2D eigenvalue weighted by atomic mass is 32.1. The van der Waals surface area contributed by atoms with Crippen molar-refractivity contribution in [2.45, 2.75) is 37.8 Å².